The molecule has 6 rings (SSSR count). The molecule has 0 aliphatic carbocycles. The molecule has 3 aromatic rings. The Balaban J connectivity index is 1.24. The Hall–Kier alpha value is -4.05. The number of fused-ring (bicyclic) bond motifs is 2. The predicted molar refractivity (Wildman–Crippen MR) is 153 cm³/mol. The molecule has 3 aliphatic rings. The van der Waals surface area contributed by atoms with Crippen molar-refractivity contribution in [2.75, 3.05) is 26.3 Å². The summed E-state index contributed by atoms with van der Waals surface area (Å²) < 4.78 is 5.59. The standard InChI is InChI=1S/C31H36N6O4/c38-28-27(18-21-6-2-1-3-7-21)33-30(40)31(13-16-41-17-14-31)12-5-4-8-23-20-37(15-11-24(23)32-28)29(39)22-9-10-25-26(19-22)35-36-34-25/h1-7,9-10,19,23-24,27H,8,11-18,20H2,(H,32,38)(H,33,40)(H,34,35,36)/b5-4+/t23-,24+,27-/m1/s1. The van der Waals surface area contributed by atoms with Crippen LogP contribution in [0.5, 0.6) is 0 Å². The van der Waals surface area contributed by atoms with Crippen LogP contribution in [0.15, 0.2) is 60.7 Å². The van der Waals surface area contributed by atoms with Gasteiger partial charge >= 0.3 is 0 Å². The smallest absolute Gasteiger partial charge is 0.253 e. The van der Waals surface area contributed by atoms with E-state index in [1.54, 1.807) is 18.2 Å². The first kappa shape index (κ1) is 27.1. The first-order valence-corrected chi connectivity index (χ1v) is 14.5. The minimum Gasteiger partial charge on any atom is -0.381 e. The molecule has 3 aliphatic heterocycles. The third kappa shape index (κ3) is 5.88. The summed E-state index contributed by atoms with van der Waals surface area (Å²) >= 11 is 0. The molecular weight excluding hydrogens is 520 g/mol. The van der Waals surface area contributed by atoms with Crippen LogP contribution in [0, 0.1) is 11.3 Å². The Kier molecular flexibility index (Phi) is 7.82. The summed E-state index contributed by atoms with van der Waals surface area (Å²) in [6.45, 7) is 2.11. The molecule has 41 heavy (non-hydrogen) atoms. The summed E-state index contributed by atoms with van der Waals surface area (Å²) in [6, 6.07) is 14.3. The van der Waals surface area contributed by atoms with E-state index < -0.39 is 11.5 Å². The molecule has 3 N–H and O–H groups in total. The summed E-state index contributed by atoms with van der Waals surface area (Å²) in [5.41, 5.74) is 2.33. The molecule has 1 aromatic heterocycles. The highest BCUT2D eigenvalue weighted by molar-refractivity contribution is 5.97. The third-order valence-corrected chi connectivity index (χ3v) is 8.86. The van der Waals surface area contributed by atoms with Gasteiger partial charge in [0.05, 0.1) is 5.41 Å². The van der Waals surface area contributed by atoms with E-state index in [1.165, 1.54) is 0 Å². The molecule has 0 unspecified atom stereocenters. The molecule has 1 spiro atoms. The molecule has 10 heteroatoms. The number of rotatable bonds is 3. The van der Waals surface area contributed by atoms with Crippen molar-refractivity contribution in [2.24, 2.45) is 11.3 Å². The zero-order valence-electron chi connectivity index (χ0n) is 23.1. The molecule has 214 valence electrons. The van der Waals surface area contributed by atoms with Gasteiger partial charge in [-0.2, -0.15) is 15.4 Å². The van der Waals surface area contributed by atoms with Gasteiger partial charge in [0.2, 0.25) is 11.8 Å². The minimum atomic E-state index is -0.692. The van der Waals surface area contributed by atoms with Gasteiger partial charge in [-0.15, -0.1) is 0 Å². The number of nitrogens with zero attached hydrogens (tertiary/aromatic N) is 3. The lowest BCUT2D eigenvalue weighted by atomic mass is 9.75. The summed E-state index contributed by atoms with van der Waals surface area (Å²) in [7, 11) is 0. The van der Waals surface area contributed by atoms with E-state index in [2.05, 4.69) is 38.2 Å². The average molecular weight is 557 g/mol. The van der Waals surface area contributed by atoms with Gasteiger partial charge < -0.3 is 20.3 Å². The number of likely N-dealkylation sites (tertiary alicyclic amines) is 1. The quantitative estimate of drug-likeness (QED) is 0.426. The third-order valence-electron chi connectivity index (χ3n) is 8.86. The second kappa shape index (κ2) is 11.8. The van der Waals surface area contributed by atoms with Crippen LogP contribution in [-0.4, -0.2) is 76.4 Å². The van der Waals surface area contributed by atoms with Gasteiger partial charge in [-0.25, -0.2) is 0 Å². The van der Waals surface area contributed by atoms with Gasteiger partial charge in [0, 0.05) is 50.2 Å². The molecule has 0 radical (unpaired) electrons. The van der Waals surface area contributed by atoms with E-state index in [0.717, 1.165) is 5.56 Å². The molecule has 3 atom stereocenters. The lowest BCUT2D eigenvalue weighted by Gasteiger charge is -2.40. The van der Waals surface area contributed by atoms with Crippen molar-refractivity contribution >= 4 is 28.8 Å². The number of hydrogen-bond donors (Lipinski definition) is 3. The fraction of sp³-hybridized carbons (Fsp3) is 0.452. The lowest BCUT2D eigenvalue weighted by molar-refractivity contribution is -0.140. The second-order valence-electron chi connectivity index (χ2n) is 11.5. The molecule has 4 heterocycles. The summed E-state index contributed by atoms with van der Waals surface area (Å²) in [5, 5.41) is 17.2. The zero-order valence-corrected chi connectivity index (χ0v) is 23.1. The van der Waals surface area contributed by atoms with Crippen LogP contribution in [-0.2, 0) is 20.7 Å². The number of allylic oxidation sites excluding steroid dienone is 2. The number of H-pyrrole nitrogens is 1. The van der Waals surface area contributed by atoms with Crippen LogP contribution >= 0.6 is 0 Å². The van der Waals surface area contributed by atoms with Gasteiger partial charge in [0.15, 0.2) is 0 Å². The Morgan fingerprint density at radius 2 is 1.80 bits per heavy atom. The van der Waals surface area contributed by atoms with Crippen molar-refractivity contribution in [3.63, 3.8) is 0 Å². The number of piperidine rings is 1. The predicted octanol–water partition coefficient (Wildman–Crippen LogP) is 2.78. The molecule has 10 nitrogen and oxygen atoms in total. The molecule has 2 aromatic carbocycles. The monoisotopic (exact) mass is 556 g/mol. The van der Waals surface area contributed by atoms with E-state index in [-0.39, 0.29) is 29.7 Å². The number of ether oxygens (including phenoxy) is 1. The van der Waals surface area contributed by atoms with E-state index in [4.69, 9.17) is 4.74 Å². The SMILES string of the molecule is O=C1N[C@H]2CCN(C(=O)c3ccc4n[nH]nc4c3)C[C@H]2C/C=C/CC2(CCOCC2)C(=O)N[C@@H]1Cc1ccccc1. The Labute approximate surface area is 238 Å². The number of carbonyl (C=O) groups is 3. The molecule has 0 saturated carbocycles. The van der Waals surface area contributed by atoms with E-state index >= 15 is 0 Å². The first-order valence-electron chi connectivity index (χ1n) is 14.5. The Morgan fingerprint density at radius 1 is 1.00 bits per heavy atom. The second-order valence-corrected chi connectivity index (χ2v) is 11.5. The number of aromatic nitrogens is 3. The van der Waals surface area contributed by atoms with Crippen LogP contribution in [0.4, 0.5) is 0 Å². The summed E-state index contributed by atoms with van der Waals surface area (Å²) in [6.07, 6.45) is 7.81. The highest BCUT2D eigenvalue weighted by atomic mass is 16.5. The van der Waals surface area contributed by atoms with Crippen LogP contribution in [0.1, 0.15) is 48.0 Å². The molecule has 2 saturated heterocycles. The first-order chi connectivity index (χ1) is 20.0. The van der Waals surface area contributed by atoms with Crippen molar-refractivity contribution in [1.82, 2.24) is 30.9 Å². The summed E-state index contributed by atoms with van der Waals surface area (Å²) in [5.74, 6) is -0.268. The number of benzene rings is 2. The molecule has 3 amide bonds. The minimum absolute atomic E-state index is 0.0434. The maximum atomic E-state index is 13.8. The fourth-order valence-corrected chi connectivity index (χ4v) is 6.32. The summed E-state index contributed by atoms with van der Waals surface area (Å²) in [4.78, 5) is 42.8. The fourth-order valence-electron chi connectivity index (χ4n) is 6.32. The average Bonchev–Trinajstić information content (AvgIpc) is 3.48. The Morgan fingerprint density at radius 3 is 2.63 bits per heavy atom. The topological polar surface area (TPSA) is 129 Å². The largest absolute Gasteiger partial charge is 0.381 e. The van der Waals surface area contributed by atoms with Gasteiger partial charge in [-0.05, 0) is 55.9 Å². The van der Waals surface area contributed by atoms with Gasteiger partial charge in [-0.3, -0.25) is 14.4 Å². The van der Waals surface area contributed by atoms with Crippen LogP contribution in [0.25, 0.3) is 11.0 Å². The number of amides is 3. The van der Waals surface area contributed by atoms with Crippen LogP contribution < -0.4 is 10.6 Å². The van der Waals surface area contributed by atoms with Gasteiger partial charge in [0.25, 0.3) is 5.91 Å². The van der Waals surface area contributed by atoms with Crippen molar-refractivity contribution < 1.29 is 19.1 Å². The van der Waals surface area contributed by atoms with E-state index in [9.17, 15) is 14.4 Å². The maximum absolute atomic E-state index is 13.8. The molecule has 0 bridgehead atoms. The number of aromatic amines is 1. The van der Waals surface area contributed by atoms with E-state index in [1.807, 2.05) is 35.2 Å². The van der Waals surface area contributed by atoms with Crippen molar-refractivity contribution in [3.8, 4) is 0 Å². The zero-order chi connectivity index (χ0) is 28.2. The van der Waals surface area contributed by atoms with Gasteiger partial charge in [0.1, 0.15) is 17.1 Å². The van der Waals surface area contributed by atoms with Crippen LogP contribution in [0.2, 0.25) is 0 Å². The highest BCUT2D eigenvalue weighted by Crippen LogP contribution is 2.36. The molecule has 2 fully saturated rings. The normalized spacial score (nSPS) is 25.9. The van der Waals surface area contributed by atoms with Crippen molar-refractivity contribution in [3.05, 3.63) is 71.8 Å². The Bertz CT molecular complexity index is 1430. The number of carbonyl (C=O) groups excluding carboxylic acids is 3. The molecular formula is C31H36N6O4. The van der Waals surface area contributed by atoms with Gasteiger partial charge in [-0.1, -0.05) is 42.5 Å². The van der Waals surface area contributed by atoms with Crippen molar-refractivity contribution in [2.45, 2.75) is 50.6 Å². The van der Waals surface area contributed by atoms with Crippen molar-refractivity contribution in [1.29, 1.82) is 0 Å². The number of nitrogens with one attached hydrogen (secondary N) is 3. The number of hydrogen-bond acceptors (Lipinski definition) is 6. The van der Waals surface area contributed by atoms with E-state index in [0.29, 0.717) is 81.4 Å². The maximum Gasteiger partial charge on any atom is 0.253 e. The highest BCUT2D eigenvalue weighted by Gasteiger charge is 2.41. The van der Waals surface area contributed by atoms with Crippen LogP contribution in [0.3, 0.4) is 0 Å². The lowest BCUT2D eigenvalue weighted by Crippen LogP contribution is -2.58.